The lowest BCUT2D eigenvalue weighted by Crippen LogP contribution is -1.81. The molecule has 0 bridgehead atoms. The summed E-state index contributed by atoms with van der Waals surface area (Å²) in [6.07, 6.45) is 20.1. The molecule has 1 aliphatic carbocycles. The molecule has 0 amide bonds. The van der Waals surface area contributed by atoms with Gasteiger partial charge in [0, 0.05) is 0 Å². The van der Waals surface area contributed by atoms with Gasteiger partial charge in [-0.05, 0) is 49.5 Å². The molecule has 18 heavy (non-hydrogen) atoms. The maximum Gasteiger partial charge on any atom is -0.0163 e. The highest BCUT2D eigenvalue weighted by atomic mass is 14.0. The Kier molecular flexibility index (Phi) is 5.93. The van der Waals surface area contributed by atoms with Crippen molar-refractivity contribution in [3.8, 4) is 0 Å². The average Bonchev–Trinajstić information content (AvgIpc) is 2.57. The third-order valence-electron chi connectivity index (χ3n) is 2.90. The minimum Gasteiger partial charge on any atom is -0.0915 e. The smallest absolute Gasteiger partial charge is 0.0163 e. The van der Waals surface area contributed by atoms with Gasteiger partial charge in [-0.15, -0.1) is 0 Å². The van der Waals surface area contributed by atoms with Gasteiger partial charge in [0.25, 0.3) is 0 Å². The molecule has 0 heterocycles. The summed E-state index contributed by atoms with van der Waals surface area (Å²) in [5, 5.41) is 0. The third-order valence-corrected chi connectivity index (χ3v) is 2.90. The van der Waals surface area contributed by atoms with Crippen molar-refractivity contribution >= 4 is 0 Å². The Hall–Kier alpha value is -1.82. The molecule has 0 aromatic carbocycles. The summed E-state index contributed by atoms with van der Waals surface area (Å²) in [4.78, 5) is 0. The van der Waals surface area contributed by atoms with E-state index in [0.717, 1.165) is 12.0 Å². The Labute approximate surface area is 111 Å². The van der Waals surface area contributed by atoms with Gasteiger partial charge in [-0.3, -0.25) is 0 Å². The largest absolute Gasteiger partial charge is 0.0915 e. The van der Waals surface area contributed by atoms with Crippen molar-refractivity contribution in [3.63, 3.8) is 0 Å². The van der Waals surface area contributed by atoms with Crippen LogP contribution in [0.5, 0.6) is 0 Å². The molecule has 0 N–H and O–H groups in total. The van der Waals surface area contributed by atoms with Gasteiger partial charge >= 0.3 is 0 Å². The van der Waals surface area contributed by atoms with E-state index in [1.54, 1.807) is 0 Å². The standard InChI is InChI=1S/C18H22/c1-5-6-10-15(2)16(3)13-14-18-12-9-7-8-11-17(18)4/h5-6,8-14H,3,7H2,1-2,4H3/b6-5-,14-13+,15-10-. The summed E-state index contributed by atoms with van der Waals surface area (Å²) < 4.78 is 0. The number of rotatable bonds is 4. The summed E-state index contributed by atoms with van der Waals surface area (Å²) in [6.45, 7) is 10.3. The van der Waals surface area contributed by atoms with Gasteiger partial charge in [-0.2, -0.15) is 0 Å². The fraction of sp³-hybridized carbons (Fsp3) is 0.222. The van der Waals surface area contributed by atoms with Gasteiger partial charge in [0.15, 0.2) is 0 Å². The normalized spacial score (nSPS) is 16.9. The Morgan fingerprint density at radius 1 is 1.28 bits per heavy atom. The van der Waals surface area contributed by atoms with E-state index >= 15 is 0 Å². The zero-order valence-corrected chi connectivity index (χ0v) is 11.6. The first-order valence-corrected chi connectivity index (χ1v) is 6.36. The maximum atomic E-state index is 4.09. The zero-order valence-electron chi connectivity index (χ0n) is 11.6. The van der Waals surface area contributed by atoms with Gasteiger partial charge in [0.05, 0.1) is 0 Å². The Balaban J connectivity index is 2.81. The molecular formula is C18H22. The average molecular weight is 238 g/mol. The van der Waals surface area contributed by atoms with E-state index in [4.69, 9.17) is 0 Å². The maximum absolute atomic E-state index is 4.09. The first-order valence-electron chi connectivity index (χ1n) is 6.36. The second kappa shape index (κ2) is 7.50. The van der Waals surface area contributed by atoms with Gasteiger partial charge in [-0.25, -0.2) is 0 Å². The first kappa shape index (κ1) is 14.2. The van der Waals surface area contributed by atoms with Crippen LogP contribution in [-0.4, -0.2) is 0 Å². The van der Waals surface area contributed by atoms with Crippen LogP contribution in [0.15, 0.2) is 83.6 Å². The van der Waals surface area contributed by atoms with Crippen molar-refractivity contribution < 1.29 is 0 Å². The van der Waals surface area contributed by atoms with Gasteiger partial charge in [0.1, 0.15) is 0 Å². The summed E-state index contributed by atoms with van der Waals surface area (Å²) >= 11 is 0. The molecule has 0 aromatic rings. The lowest BCUT2D eigenvalue weighted by atomic mass is 10.0. The molecule has 0 saturated carbocycles. The predicted octanol–water partition coefficient (Wildman–Crippen LogP) is 5.45. The van der Waals surface area contributed by atoms with E-state index in [2.05, 4.69) is 63.0 Å². The van der Waals surface area contributed by atoms with E-state index in [0.29, 0.717) is 0 Å². The van der Waals surface area contributed by atoms with E-state index in [1.165, 1.54) is 16.7 Å². The van der Waals surface area contributed by atoms with Crippen LogP contribution in [-0.2, 0) is 0 Å². The summed E-state index contributed by atoms with van der Waals surface area (Å²) in [6, 6.07) is 0. The van der Waals surface area contributed by atoms with Gasteiger partial charge in [-0.1, -0.05) is 61.3 Å². The quantitative estimate of drug-likeness (QED) is 0.571. The molecule has 1 rings (SSSR count). The van der Waals surface area contributed by atoms with Gasteiger partial charge < -0.3 is 0 Å². The Morgan fingerprint density at radius 3 is 2.72 bits per heavy atom. The number of allylic oxidation sites excluding steroid dienone is 13. The molecule has 0 aromatic heterocycles. The highest BCUT2D eigenvalue weighted by Gasteiger charge is 1.96. The SMILES string of the molecule is C=C(/C=C/C1=C(C)C=CCC=C1)/C(C)=C\C=C/C. The molecule has 1 aliphatic rings. The van der Waals surface area contributed by atoms with Crippen LogP contribution < -0.4 is 0 Å². The highest BCUT2D eigenvalue weighted by molar-refractivity contribution is 5.46. The highest BCUT2D eigenvalue weighted by Crippen LogP contribution is 2.16. The molecule has 0 radical (unpaired) electrons. The number of hydrogen-bond donors (Lipinski definition) is 0. The molecule has 0 saturated heterocycles. The van der Waals surface area contributed by atoms with E-state index in [-0.39, 0.29) is 0 Å². The lowest BCUT2D eigenvalue weighted by Gasteiger charge is -2.01. The van der Waals surface area contributed by atoms with Gasteiger partial charge in [0.2, 0.25) is 0 Å². The molecular weight excluding hydrogens is 216 g/mol. The molecule has 0 nitrogen and oxygen atoms in total. The van der Waals surface area contributed by atoms with Crippen molar-refractivity contribution in [2.75, 3.05) is 0 Å². The van der Waals surface area contributed by atoms with Crippen LogP contribution in [0.1, 0.15) is 27.2 Å². The Morgan fingerprint density at radius 2 is 2.00 bits per heavy atom. The fourth-order valence-electron chi connectivity index (χ4n) is 1.60. The molecule has 0 spiro atoms. The molecule has 0 atom stereocenters. The van der Waals surface area contributed by atoms with Crippen LogP contribution in [0.4, 0.5) is 0 Å². The monoisotopic (exact) mass is 238 g/mol. The molecule has 0 unspecified atom stereocenters. The lowest BCUT2D eigenvalue weighted by molar-refractivity contribution is 1.40. The summed E-state index contributed by atoms with van der Waals surface area (Å²) in [7, 11) is 0. The van der Waals surface area contributed by atoms with Crippen LogP contribution in [0.25, 0.3) is 0 Å². The van der Waals surface area contributed by atoms with E-state index in [9.17, 15) is 0 Å². The van der Waals surface area contributed by atoms with Crippen molar-refractivity contribution in [3.05, 3.63) is 83.6 Å². The predicted molar refractivity (Wildman–Crippen MR) is 82.4 cm³/mol. The minimum absolute atomic E-state index is 1.01. The van der Waals surface area contributed by atoms with Crippen LogP contribution in [0.2, 0.25) is 0 Å². The molecule has 0 heteroatoms. The molecule has 94 valence electrons. The second-order valence-corrected chi connectivity index (χ2v) is 4.41. The van der Waals surface area contributed by atoms with Crippen molar-refractivity contribution in [2.24, 2.45) is 0 Å². The topological polar surface area (TPSA) is 0 Å². The molecule has 0 fully saturated rings. The fourth-order valence-corrected chi connectivity index (χ4v) is 1.60. The summed E-state index contributed by atoms with van der Waals surface area (Å²) in [5.41, 5.74) is 4.79. The van der Waals surface area contributed by atoms with Crippen LogP contribution in [0, 0.1) is 0 Å². The van der Waals surface area contributed by atoms with Crippen molar-refractivity contribution in [1.29, 1.82) is 0 Å². The van der Waals surface area contributed by atoms with Crippen molar-refractivity contribution in [1.82, 2.24) is 0 Å². The third kappa shape index (κ3) is 4.58. The minimum atomic E-state index is 1.01. The Bertz CT molecular complexity index is 474. The van der Waals surface area contributed by atoms with E-state index in [1.807, 2.05) is 19.1 Å². The second-order valence-electron chi connectivity index (χ2n) is 4.41. The molecule has 0 aliphatic heterocycles. The first-order chi connectivity index (χ1) is 8.65. The number of hydrogen-bond acceptors (Lipinski definition) is 0. The summed E-state index contributed by atoms with van der Waals surface area (Å²) in [5.74, 6) is 0. The zero-order chi connectivity index (χ0) is 13.4. The van der Waals surface area contributed by atoms with E-state index < -0.39 is 0 Å². The van der Waals surface area contributed by atoms with Crippen LogP contribution >= 0.6 is 0 Å². The van der Waals surface area contributed by atoms with Crippen molar-refractivity contribution in [2.45, 2.75) is 27.2 Å². The van der Waals surface area contributed by atoms with Crippen LogP contribution in [0.3, 0.4) is 0 Å².